The summed E-state index contributed by atoms with van der Waals surface area (Å²) in [5, 5.41) is 7.17. The fourth-order valence-electron chi connectivity index (χ4n) is 4.52. The van der Waals surface area contributed by atoms with Crippen molar-refractivity contribution in [2.75, 3.05) is 43.1 Å². The molecule has 35 heavy (non-hydrogen) atoms. The van der Waals surface area contributed by atoms with Crippen LogP contribution < -0.4 is 10.2 Å². The van der Waals surface area contributed by atoms with Gasteiger partial charge in [0, 0.05) is 31.0 Å². The van der Waals surface area contributed by atoms with Crippen LogP contribution in [0.15, 0.2) is 60.7 Å². The molecule has 1 saturated heterocycles. The van der Waals surface area contributed by atoms with Crippen molar-refractivity contribution in [2.24, 2.45) is 0 Å². The van der Waals surface area contributed by atoms with Crippen molar-refractivity contribution in [2.45, 2.75) is 6.54 Å². The molecule has 0 atom stereocenters. The Morgan fingerprint density at radius 3 is 2.89 bits per heavy atom. The minimum Gasteiger partial charge on any atom is -0.494 e. The van der Waals surface area contributed by atoms with E-state index >= 15 is 0 Å². The van der Waals surface area contributed by atoms with Gasteiger partial charge in [-0.2, -0.15) is 5.10 Å². The monoisotopic (exact) mass is 476 g/mol. The Labute approximate surface area is 199 Å². The van der Waals surface area contributed by atoms with Gasteiger partial charge in [-0.25, -0.2) is 13.9 Å². The van der Waals surface area contributed by atoms with E-state index < -0.39 is 5.83 Å². The van der Waals surface area contributed by atoms with E-state index in [4.69, 9.17) is 9.47 Å². The lowest BCUT2D eigenvalue weighted by Crippen LogP contribution is -2.37. The van der Waals surface area contributed by atoms with E-state index in [1.165, 1.54) is 28.0 Å². The first-order chi connectivity index (χ1) is 17.1. The summed E-state index contributed by atoms with van der Waals surface area (Å²) in [5.41, 5.74) is 3.39. The average molecular weight is 476 g/mol. The number of ether oxygens (including phenoxy) is 2. The molecule has 2 amide bonds. The third kappa shape index (κ3) is 3.69. The summed E-state index contributed by atoms with van der Waals surface area (Å²) in [4.78, 5) is 34.2. The number of benzene rings is 1. The van der Waals surface area contributed by atoms with Crippen LogP contribution in [-0.4, -0.2) is 64.2 Å². The first-order valence-electron chi connectivity index (χ1n) is 11.2. The highest BCUT2D eigenvalue weighted by Crippen LogP contribution is 2.37. The molecule has 1 N–H and O–H groups in total. The molecular formula is C24H21FN6O4. The van der Waals surface area contributed by atoms with Gasteiger partial charge in [0.15, 0.2) is 11.5 Å². The van der Waals surface area contributed by atoms with Crippen LogP contribution in [0.3, 0.4) is 0 Å². The van der Waals surface area contributed by atoms with E-state index in [1.807, 2.05) is 0 Å². The van der Waals surface area contributed by atoms with Gasteiger partial charge in [0.25, 0.3) is 11.8 Å². The zero-order valence-corrected chi connectivity index (χ0v) is 18.6. The van der Waals surface area contributed by atoms with Crippen molar-refractivity contribution in [1.29, 1.82) is 0 Å². The number of allylic oxidation sites excluding steroid dienone is 1. The van der Waals surface area contributed by atoms with Gasteiger partial charge in [0.2, 0.25) is 0 Å². The molecule has 0 unspecified atom stereocenters. The molecular weight excluding hydrogens is 455 g/mol. The summed E-state index contributed by atoms with van der Waals surface area (Å²) in [7, 11) is 0. The molecule has 0 radical (unpaired) electrons. The molecule has 3 aromatic rings. The van der Waals surface area contributed by atoms with Gasteiger partial charge in [-0.05, 0) is 29.8 Å². The van der Waals surface area contributed by atoms with E-state index in [0.717, 1.165) is 0 Å². The number of nitrogens with one attached hydrogen (secondary N) is 1. The Morgan fingerprint density at radius 2 is 2.06 bits per heavy atom. The minimum atomic E-state index is -0.504. The summed E-state index contributed by atoms with van der Waals surface area (Å²) in [5.74, 6) is -1.16. The van der Waals surface area contributed by atoms with Crippen molar-refractivity contribution in [3.8, 4) is 0 Å². The number of fused-ring (bicyclic) bond motifs is 2. The third-order valence-corrected chi connectivity index (χ3v) is 6.25. The average Bonchev–Trinajstić information content (AvgIpc) is 3.45. The lowest BCUT2D eigenvalue weighted by molar-refractivity contribution is 0.0821. The summed E-state index contributed by atoms with van der Waals surface area (Å²) < 4.78 is 26.4. The fraction of sp³-hybridized carbons (Fsp3) is 0.250. The first-order valence-corrected chi connectivity index (χ1v) is 11.2. The standard InChI is InChI=1S/C24H21FN6O4/c25-18-14-35-7-2-20(18)30-13-15-10-19(21(11-16(15)24(30)33)29-5-8-34-9-6-29)28-23(32)17-12-27-31-4-1-3-26-22(17)31/h1-4,7,10-12H,5-6,8-9,13-14H2,(H,28,32). The predicted octanol–water partition coefficient (Wildman–Crippen LogP) is 2.50. The highest BCUT2D eigenvalue weighted by molar-refractivity contribution is 6.10. The number of hydrogen-bond acceptors (Lipinski definition) is 7. The van der Waals surface area contributed by atoms with E-state index in [-0.39, 0.29) is 30.7 Å². The van der Waals surface area contributed by atoms with Crippen molar-refractivity contribution in [1.82, 2.24) is 19.5 Å². The molecule has 6 rings (SSSR count). The number of halogens is 1. The number of carbonyl (C=O) groups is 2. The molecule has 0 spiro atoms. The van der Waals surface area contributed by atoms with Crippen LogP contribution in [0.1, 0.15) is 26.3 Å². The molecule has 1 aromatic carbocycles. The van der Waals surface area contributed by atoms with Crippen LogP contribution in [0, 0.1) is 0 Å². The maximum absolute atomic E-state index is 14.4. The molecule has 2 aromatic heterocycles. The van der Waals surface area contributed by atoms with E-state index in [2.05, 4.69) is 20.3 Å². The number of carbonyl (C=O) groups excluding carboxylic acids is 2. The predicted molar refractivity (Wildman–Crippen MR) is 124 cm³/mol. The van der Waals surface area contributed by atoms with Gasteiger partial charge in [0.1, 0.15) is 12.2 Å². The summed E-state index contributed by atoms with van der Waals surface area (Å²) in [6.07, 6.45) is 7.61. The Kier molecular flexibility index (Phi) is 5.18. The second-order valence-corrected chi connectivity index (χ2v) is 8.32. The zero-order chi connectivity index (χ0) is 23.9. The molecule has 3 aliphatic rings. The second kappa shape index (κ2) is 8.51. The van der Waals surface area contributed by atoms with Crippen molar-refractivity contribution < 1.29 is 23.5 Å². The number of rotatable bonds is 4. The fourth-order valence-corrected chi connectivity index (χ4v) is 4.52. The van der Waals surface area contributed by atoms with Crippen LogP contribution in [0.4, 0.5) is 15.8 Å². The maximum atomic E-state index is 14.4. The quantitative estimate of drug-likeness (QED) is 0.618. The summed E-state index contributed by atoms with van der Waals surface area (Å²) in [6.45, 7) is 2.26. The Balaban J connectivity index is 1.38. The Morgan fingerprint density at radius 1 is 1.20 bits per heavy atom. The number of anilines is 2. The molecule has 10 nitrogen and oxygen atoms in total. The lowest BCUT2D eigenvalue weighted by atomic mass is 10.1. The number of hydrogen-bond donors (Lipinski definition) is 1. The van der Waals surface area contributed by atoms with E-state index in [9.17, 15) is 14.0 Å². The van der Waals surface area contributed by atoms with Gasteiger partial charge < -0.3 is 24.6 Å². The van der Waals surface area contributed by atoms with Crippen LogP contribution in [-0.2, 0) is 16.0 Å². The summed E-state index contributed by atoms with van der Waals surface area (Å²) >= 11 is 0. The van der Waals surface area contributed by atoms with Gasteiger partial charge in [-0.1, -0.05) is 0 Å². The number of aromatic nitrogens is 3. The molecule has 3 aliphatic heterocycles. The molecule has 5 heterocycles. The SMILES string of the molecule is O=C(Nc1cc2c(cc1N1CCOCC1)C(=O)N(C1=C(F)COC=C1)C2)c1cnn2cccnc12. The first kappa shape index (κ1) is 21.3. The van der Waals surface area contributed by atoms with Gasteiger partial charge >= 0.3 is 0 Å². The highest BCUT2D eigenvalue weighted by atomic mass is 19.1. The van der Waals surface area contributed by atoms with Crippen molar-refractivity contribution in [3.63, 3.8) is 0 Å². The van der Waals surface area contributed by atoms with Gasteiger partial charge in [-0.15, -0.1) is 0 Å². The largest absolute Gasteiger partial charge is 0.494 e. The number of morpholine rings is 1. The topological polar surface area (TPSA) is 101 Å². The maximum Gasteiger partial charge on any atom is 0.261 e. The zero-order valence-electron chi connectivity index (χ0n) is 18.6. The van der Waals surface area contributed by atoms with Crippen LogP contribution in [0.25, 0.3) is 5.65 Å². The van der Waals surface area contributed by atoms with Gasteiger partial charge in [0.05, 0.1) is 49.3 Å². The van der Waals surface area contributed by atoms with Crippen LogP contribution in [0.5, 0.6) is 0 Å². The smallest absolute Gasteiger partial charge is 0.261 e. The lowest BCUT2D eigenvalue weighted by Gasteiger charge is -2.31. The molecule has 1 fully saturated rings. The van der Waals surface area contributed by atoms with Crippen molar-refractivity contribution >= 4 is 28.8 Å². The summed E-state index contributed by atoms with van der Waals surface area (Å²) in [6, 6.07) is 5.29. The minimum absolute atomic E-state index is 0.186. The molecule has 0 aliphatic carbocycles. The second-order valence-electron chi connectivity index (χ2n) is 8.32. The number of amides is 2. The molecule has 0 bridgehead atoms. The number of nitrogens with zero attached hydrogens (tertiary/aromatic N) is 5. The van der Waals surface area contributed by atoms with E-state index in [0.29, 0.717) is 60.0 Å². The van der Waals surface area contributed by atoms with Crippen LogP contribution >= 0.6 is 0 Å². The molecule has 0 saturated carbocycles. The Hall–Kier alpha value is -4.25. The Bertz CT molecular complexity index is 1410. The van der Waals surface area contributed by atoms with Crippen molar-refractivity contribution in [3.05, 3.63) is 77.3 Å². The normalized spacial score (nSPS) is 17.7. The molecule has 11 heteroatoms. The molecule has 178 valence electrons. The van der Waals surface area contributed by atoms with E-state index in [1.54, 1.807) is 30.6 Å². The van der Waals surface area contributed by atoms with Gasteiger partial charge in [-0.3, -0.25) is 9.59 Å². The van der Waals surface area contributed by atoms with Crippen LogP contribution in [0.2, 0.25) is 0 Å². The highest BCUT2D eigenvalue weighted by Gasteiger charge is 2.34. The third-order valence-electron chi connectivity index (χ3n) is 6.25.